The van der Waals surface area contributed by atoms with Crippen molar-refractivity contribution in [1.29, 1.82) is 0 Å². The molecule has 5 rings (SSSR count). The van der Waals surface area contributed by atoms with Crippen LogP contribution in [0.1, 0.15) is 12.8 Å². The first kappa shape index (κ1) is 17.4. The van der Waals surface area contributed by atoms with Crippen LogP contribution in [0, 0.1) is 0 Å². The van der Waals surface area contributed by atoms with Gasteiger partial charge in [0.05, 0.1) is 23.7 Å². The highest BCUT2D eigenvalue weighted by atomic mass is 16.1. The molecule has 0 bridgehead atoms. The largest absolute Gasteiger partial charge is 0.351 e. The number of pyridine rings is 2. The predicted molar refractivity (Wildman–Crippen MR) is 109 cm³/mol. The van der Waals surface area contributed by atoms with Crippen LogP contribution in [-0.2, 0) is 6.54 Å². The molecular weight excluding hydrogens is 366 g/mol. The van der Waals surface area contributed by atoms with Crippen LogP contribution in [0.3, 0.4) is 0 Å². The Hall–Kier alpha value is -3.68. The predicted octanol–water partition coefficient (Wildman–Crippen LogP) is 2.31. The van der Waals surface area contributed by atoms with E-state index in [0.717, 1.165) is 41.8 Å². The Kier molecular flexibility index (Phi) is 4.44. The fourth-order valence-electron chi connectivity index (χ4n) is 3.86. The van der Waals surface area contributed by atoms with Gasteiger partial charge in [-0.2, -0.15) is 5.10 Å². The third-order valence-corrected chi connectivity index (χ3v) is 5.24. The summed E-state index contributed by atoms with van der Waals surface area (Å²) in [5.41, 5.74) is 2.19. The van der Waals surface area contributed by atoms with Crippen LogP contribution in [-0.4, -0.2) is 42.3 Å². The normalized spacial score (nSPS) is 16.4. The van der Waals surface area contributed by atoms with Crippen LogP contribution in [0.2, 0.25) is 0 Å². The van der Waals surface area contributed by atoms with Crippen LogP contribution in [0.4, 0.5) is 5.82 Å². The van der Waals surface area contributed by atoms with Gasteiger partial charge in [0.15, 0.2) is 5.65 Å². The molecule has 0 saturated carbocycles. The van der Waals surface area contributed by atoms with Gasteiger partial charge in [0.25, 0.3) is 5.56 Å². The summed E-state index contributed by atoms with van der Waals surface area (Å²) in [5, 5.41) is 5.51. The summed E-state index contributed by atoms with van der Waals surface area (Å²) in [7, 11) is 0. The van der Waals surface area contributed by atoms with Crippen LogP contribution >= 0.6 is 0 Å². The van der Waals surface area contributed by atoms with Crippen LogP contribution in [0.15, 0.2) is 66.1 Å². The maximum Gasteiger partial charge on any atom is 0.266 e. The number of aromatic nitrogens is 6. The van der Waals surface area contributed by atoms with E-state index in [4.69, 9.17) is 0 Å². The molecule has 8 heteroatoms. The first-order chi connectivity index (χ1) is 14.3. The average Bonchev–Trinajstić information content (AvgIpc) is 3.23. The number of rotatable bonds is 4. The SMILES string of the molecule is O=c1ccc(-c2cccnc2)nn1CC1CCCN1c1ncnc2ncccc12. The topological polar surface area (TPSA) is 89.7 Å². The fraction of sp³-hybridized carbons (Fsp3) is 0.238. The van der Waals surface area contributed by atoms with Gasteiger partial charge in [-0.1, -0.05) is 0 Å². The standard InChI is InChI=1S/C21H19N7O/c29-19-8-7-18(15-4-1-9-22-12-15)26-28(19)13-16-5-3-11-27(16)21-17-6-2-10-23-20(17)24-14-25-21/h1-2,4,6-10,12,14,16H,3,5,11,13H2. The molecule has 0 amide bonds. The minimum atomic E-state index is -0.112. The molecule has 1 aliphatic heterocycles. The molecule has 0 spiro atoms. The van der Waals surface area contributed by atoms with E-state index in [0.29, 0.717) is 12.2 Å². The summed E-state index contributed by atoms with van der Waals surface area (Å²) < 4.78 is 1.55. The van der Waals surface area contributed by atoms with Crippen molar-refractivity contribution in [2.75, 3.05) is 11.4 Å². The molecule has 0 N–H and O–H groups in total. The second-order valence-electron chi connectivity index (χ2n) is 7.04. The monoisotopic (exact) mass is 385 g/mol. The lowest BCUT2D eigenvalue weighted by Gasteiger charge is -2.26. The van der Waals surface area contributed by atoms with Gasteiger partial charge in [0.2, 0.25) is 0 Å². The summed E-state index contributed by atoms with van der Waals surface area (Å²) in [6.45, 7) is 1.38. The smallest absolute Gasteiger partial charge is 0.266 e. The van der Waals surface area contributed by atoms with E-state index in [1.165, 1.54) is 0 Å². The summed E-state index contributed by atoms with van der Waals surface area (Å²) in [5.74, 6) is 0.863. The van der Waals surface area contributed by atoms with Crippen LogP contribution in [0.25, 0.3) is 22.3 Å². The molecule has 1 fully saturated rings. The van der Waals surface area contributed by atoms with E-state index >= 15 is 0 Å². The Morgan fingerprint density at radius 2 is 1.97 bits per heavy atom. The quantitative estimate of drug-likeness (QED) is 0.532. The van der Waals surface area contributed by atoms with E-state index in [1.54, 1.807) is 41.7 Å². The second-order valence-corrected chi connectivity index (χ2v) is 7.04. The third kappa shape index (κ3) is 3.33. The Balaban J connectivity index is 1.48. The van der Waals surface area contributed by atoms with Crippen molar-refractivity contribution in [2.45, 2.75) is 25.4 Å². The van der Waals surface area contributed by atoms with Gasteiger partial charge in [-0.05, 0) is 43.2 Å². The van der Waals surface area contributed by atoms with Crippen molar-refractivity contribution in [3.63, 3.8) is 0 Å². The molecule has 1 saturated heterocycles. The van der Waals surface area contributed by atoms with E-state index in [9.17, 15) is 4.79 Å². The molecule has 1 atom stereocenters. The number of nitrogens with zero attached hydrogens (tertiary/aromatic N) is 7. The molecule has 5 heterocycles. The lowest BCUT2D eigenvalue weighted by atomic mass is 10.2. The second kappa shape index (κ2) is 7.38. The molecule has 29 heavy (non-hydrogen) atoms. The number of hydrogen-bond donors (Lipinski definition) is 0. The first-order valence-corrected chi connectivity index (χ1v) is 9.60. The Morgan fingerprint density at radius 3 is 2.86 bits per heavy atom. The summed E-state index contributed by atoms with van der Waals surface area (Å²) in [6.07, 6.45) is 8.75. The average molecular weight is 385 g/mol. The van der Waals surface area contributed by atoms with Gasteiger partial charge in [0.1, 0.15) is 12.1 Å². The summed E-state index contributed by atoms with van der Waals surface area (Å²) in [6, 6.07) is 11.1. The van der Waals surface area contributed by atoms with Gasteiger partial charge < -0.3 is 4.90 Å². The van der Waals surface area contributed by atoms with Crippen molar-refractivity contribution >= 4 is 16.9 Å². The highest BCUT2D eigenvalue weighted by Gasteiger charge is 2.28. The first-order valence-electron chi connectivity index (χ1n) is 9.60. The van der Waals surface area contributed by atoms with E-state index in [-0.39, 0.29) is 11.6 Å². The molecule has 1 aliphatic rings. The highest BCUT2D eigenvalue weighted by molar-refractivity contribution is 5.86. The molecule has 4 aromatic rings. The molecule has 1 unspecified atom stereocenters. The molecule has 144 valence electrons. The van der Waals surface area contributed by atoms with Crippen LogP contribution in [0.5, 0.6) is 0 Å². The maximum absolute atomic E-state index is 12.5. The van der Waals surface area contributed by atoms with E-state index in [1.807, 2.05) is 24.3 Å². The molecule has 0 aliphatic carbocycles. The van der Waals surface area contributed by atoms with Gasteiger partial charge >= 0.3 is 0 Å². The van der Waals surface area contributed by atoms with Crippen molar-refractivity contribution in [1.82, 2.24) is 29.7 Å². The van der Waals surface area contributed by atoms with Crippen LogP contribution < -0.4 is 10.5 Å². The lowest BCUT2D eigenvalue weighted by Crippen LogP contribution is -2.37. The van der Waals surface area contributed by atoms with Gasteiger partial charge in [-0.15, -0.1) is 0 Å². The summed E-state index contributed by atoms with van der Waals surface area (Å²) in [4.78, 5) is 32.0. The zero-order chi connectivity index (χ0) is 19.6. The molecule has 8 nitrogen and oxygen atoms in total. The molecule has 0 radical (unpaired) electrons. The number of fused-ring (bicyclic) bond motifs is 1. The van der Waals surface area contributed by atoms with Gasteiger partial charge in [-0.25, -0.2) is 19.6 Å². The zero-order valence-electron chi connectivity index (χ0n) is 15.7. The van der Waals surface area contributed by atoms with Crippen molar-refractivity contribution < 1.29 is 0 Å². The molecular formula is C21H19N7O. The Bertz CT molecular complexity index is 1200. The Morgan fingerprint density at radius 1 is 1.03 bits per heavy atom. The van der Waals surface area contributed by atoms with Crippen molar-refractivity contribution in [3.8, 4) is 11.3 Å². The minimum Gasteiger partial charge on any atom is -0.351 e. The van der Waals surface area contributed by atoms with Crippen molar-refractivity contribution in [3.05, 3.63) is 71.7 Å². The zero-order valence-corrected chi connectivity index (χ0v) is 15.7. The third-order valence-electron chi connectivity index (χ3n) is 5.24. The lowest BCUT2D eigenvalue weighted by molar-refractivity contribution is 0.489. The molecule has 0 aromatic carbocycles. The number of hydrogen-bond acceptors (Lipinski definition) is 7. The Labute approximate surface area is 166 Å². The van der Waals surface area contributed by atoms with E-state index < -0.39 is 0 Å². The minimum absolute atomic E-state index is 0.112. The van der Waals surface area contributed by atoms with Crippen molar-refractivity contribution in [2.24, 2.45) is 0 Å². The maximum atomic E-state index is 12.5. The van der Waals surface area contributed by atoms with Gasteiger partial charge in [-0.3, -0.25) is 9.78 Å². The number of anilines is 1. The molecule has 4 aromatic heterocycles. The van der Waals surface area contributed by atoms with Gasteiger partial charge in [0, 0.05) is 36.8 Å². The highest BCUT2D eigenvalue weighted by Crippen LogP contribution is 2.29. The summed E-state index contributed by atoms with van der Waals surface area (Å²) >= 11 is 0. The van der Waals surface area contributed by atoms with E-state index in [2.05, 4.69) is 29.9 Å². The fourth-order valence-corrected chi connectivity index (χ4v) is 3.86.